The van der Waals surface area contributed by atoms with Gasteiger partial charge in [0.25, 0.3) is 11.6 Å². The van der Waals surface area contributed by atoms with Crippen LogP contribution in [0.2, 0.25) is 18.6 Å². The van der Waals surface area contributed by atoms with E-state index in [0.29, 0.717) is 41.3 Å². The number of nitro groups is 1. The second-order valence-corrected chi connectivity index (χ2v) is 18.2. The summed E-state index contributed by atoms with van der Waals surface area (Å²) in [5.74, 6) is -1.42. The standard InChI is InChI=1S/C40H41FN6O6Si/c1-27-38(54(2,3)41)37(20-21-44-24-35(42-43-44)33(25-48)29-10-6-4-7-11-29)53-40(27)34-22-32(47(51)52)18-19-36(34)45(39(40)50)23-28-14-16-31(17-15-28)46(26-49)30-12-8-5-9-13-30/h4-19,22,24,26-27,33,37-38,48H,20-21,23,25H2,1-3H3/t27-,33?,37+,38-,40+/m1/s1. The van der Waals surface area contributed by atoms with Gasteiger partial charge in [0.1, 0.15) is 0 Å². The summed E-state index contributed by atoms with van der Waals surface area (Å²) < 4.78 is 24.9. The number of aryl methyl sites for hydroxylation is 1. The molecule has 12 nitrogen and oxygen atoms in total. The molecular weight excluding hydrogens is 708 g/mol. The van der Waals surface area contributed by atoms with Gasteiger partial charge in [-0.25, -0.2) is 0 Å². The number of benzene rings is 4. The number of ether oxygens (including phenoxy) is 1. The lowest BCUT2D eigenvalue weighted by Crippen LogP contribution is -2.45. The fourth-order valence-electron chi connectivity index (χ4n) is 8.28. The van der Waals surface area contributed by atoms with Crippen molar-refractivity contribution < 1.29 is 28.5 Å². The Morgan fingerprint density at radius 1 is 1.04 bits per heavy atom. The molecule has 5 aromatic rings. The summed E-state index contributed by atoms with van der Waals surface area (Å²) in [6.07, 6.45) is 2.10. The molecule has 0 radical (unpaired) electrons. The molecule has 3 heterocycles. The number of hydrogen-bond acceptors (Lipinski definition) is 8. The number of carbonyl (C=O) groups is 2. The average Bonchev–Trinajstić information content (AvgIpc) is 3.83. The molecule has 5 atom stereocenters. The summed E-state index contributed by atoms with van der Waals surface area (Å²) in [4.78, 5) is 41.4. The Kier molecular flexibility index (Phi) is 10.0. The number of rotatable bonds is 13. The molecule has 1 spiro atoms. The van der Waals surface area contributed by atoms with Gasteiger partial charge in [-0.1, -0.05) is 72.8 Å². The third-order valence-corrected chi connectivity index (χ3v) is 13.2. The Hall–Kier alpha value is -5.57. The van der Waals surface area contributed by atoms with Crippen LogP contribution in [-0.2, 0) is 33.0 Å². The van der Waals surface area contributed by atoms with Gasteiger partial charge in [0, 0.05) is 53.3 Å². The van der Waals surface area contributed by atoms with Gasteiger partial charge in [0.05, 0.1) is 41.5 Å². The van der Waals surface area contributed by atoms with E-state index in [2.05, 4.69) is 10.3 Å². The minimum atomic E-state index is -3.52. The zero-order chi connectivity index (χ0) is 38.2. The van der Waals surface area contributed by atoms with Crippen LogP contribution in [0, 0.1) is 16.0 Å². The molecule has 2 amide bonds. The van der Waals surface area contributed by atoms with Gasteiger partial charge in [-0.15, -0.1) is 5.10 Å². The van der Waals surface area contributed by atoms with E-state index >= 15 is 4.11 Å². The van der Waals surface area contributed by atoms with Crippen LogP contribution < -0.4 is 9.80 Å². The fraction of sp³-hybridized carbons (Fsp3) is 0.300. The lowest BCUT2D eigenvalue weighted by molar-refractivity contribution is -0.385. The third-order valence-electron chi connectivity index (χ3n) is 10.8. The largest absolute Gasteiger partial charge is 0.395 e. The molecule has 1 unspecified atom stereocenters. The van der Waals surface area contributed by atoms with Gasteiger partial charge >= 0.3 is 0 Å². The first-order chi connectivity index (χ1) is 26.0. The first kappa shape index (κ1) is 36.8. The molecule has 0 bridgehead atoms. The molecule has 2 aliphatic rings. The van der Waals surface area contributed by atoms with E-state index in [1.807, 2.05) is 79.7 Å². The van der Waals surface area contributed by atoms with E-state index in [1.54, 1.807) is 47.1 Å². The van der Waals surface area contributed by atoms with Gasteiger partial charge in [0.2, 0.25) is 14.8 Å². The molecule has 1 N–H and O–H groups in total. The number of amides is 2. The second kappa shape index (κ2) is 14.7. The summed E-state index contributed by atoms with van der Waals surface area (Å²) in [6, 6.07) is 30.3. The van der Waals surface area contributed by atoms with Crippen LogP contribution in [-0.4, -0.2) is 58.5 Å². The topological polar surface area (TPSA) is 144 Å². The SMILES string of the molecule is C[C@@H]1[C@@H]([Si](C)(C)F)[C@H](CCn2cc(C(CO)c3ccccc3)nn2)O[C@@]12C(=O)N(Cc1ccc(N(C=O)c3ccccc3)cc1)c1ccc([N+](=O)[O-])cc12. The Bertz CT molecular complexity index is 2150. The van der Waals surface area contributed by atoms with Crippen molar-refractivity contribution in [3.05, 3.63) is 142 Å². The van der Waals surface area contributed by atoms with Crippen molar-refractivity contribution in [2.75, 3.05) is 16.4 Å². The molecular formula is C40H41FN6O6Si. The Morgan fingerprint density at radius 2 is 1.70 bits per heavy atom. The number of aliphatic hydroxyl groups excluding tert-OH is 1. The van der Waals surface area contributed by atoms with Crippen LogP contribution in [0.5, 0.6) is 0 Å². The monoisotopic (exact) mass is 748 g/mol. The number of halogens is 1. The molecule has 278 valence electrons. The molecule has 4 aromatic carbocycles. The Morgan fingerprint density at radius 3 is 2.33 bits per heavy atom. The summed E-state index contributed by atoms with van der Waals surface area (Å²) in [6.45, 7) is 5.30. The lowest BCUT2D eigenvalue weighted by Gasteiger charge is -2.31. The van der Waals surface area contributed by atoms with Crippen LogP contribution in [0.1, 0.15) is 41.6 Å². The second-order valence-electron chi connectivity index (χ2n) is 14.4. The van der Waals surface area contributed by atoms with Crippen LogP contribution in [0.3, 0.4) is 0 Å². The van der Waals surface area contributed by atoms with Crippen LogP contribution in [0.25, 0.3) is 0 Å². The zero-order valence-electron chi connectivity index (χ0n) is 30.2. The highest BCUT2D eigenvalue weighted by Gasteiger charge is 2.66. The highest BCUT2D eigenvalue weighted by molar-refractivity contribution is 6.72. The van der Waals surface area contributed by atoms with E-state index < -0.39 is 42.4 Å². The van der Waals surface area contributed by atoms with E-state index in [-0.39, 0.29) is 24.8 Å². The highest BCUT2D eigenvalue weighted by atomic mass is 28.4. The molecule has 2 aliphatic heterocycles. The quantitative estimate of drug-likeness (QED) is 0.0445. The van der Waals surface area contributed by atoms with Gasteiger partial charge in [-0.05, 0) is 61.0 Å². The van der Waals surface area contributed by atoms with Crippen molar-refractivity contribution in [2.24, 2.45) is 5.92 Å². The zero-order valence-corrected chi connectivity index (χ0v) is 31.2. The maximum Gasteiger partial charge on any atom is 0.269 e. The molecule has 7 rings (SSSR count). The lowest BCUT2D eigenvalue weighted by atomic mass is 9.82. The normalized spacial score (nSPS) is 21.3. The Labute approximate surface area is 313 Å². The number of carbonyl (C=O) groups excluding carboxylic acids is 2. The number of aromatic nitrogens is 3. The minimum absolute atomic E-state index is 0.120. The number of anilines is 3. The summed E-state index contributed by atoms with van der Waals surface area (Å²) in [5.41, 5.74) is 1.93. The van der Waals surface area contributed by atoms with Crippen LogP contribution in [0.4, 0.5) is 26.9 Å². The molecule has 54 heavy (non-hydrogen) atoms. The smallest absolute Gasteiger partial charge is 0.269 e. The average molecular weight is 749 g/mol. The predicted molar refractivity (Wildman–Crippen MR) is 203 cm³/mol. The highest BCUT2D eigenvalue weighted by Crippen LogP contribution is 2.60. The van der Waals surface area contributed by atoms with Crippen molar-refractivity contribution in [3.63, 3.8) is 0 Å². The maximum atomic E-state index is 16.4. The maximum absolute atomic E-state index is 16.4. The molecule has 0 aliphatic carbocycles. The summed E-state index contributed by atoms with van der Waals surface area (Å²) >= 11 is 0. The fourth-order valence-corrected chi connectivity index (χ4v) is 10.8. The van der Waals surface area contributed by atoms with Crippen LogP contribution in [0.15, 0.2) is 109 Å². The number of nitrogens with zero attached hydrogens (tertiary/aromatic N) is 6. The van der Waals surface area contributed by atoms with Crippen LogP contribution >= 0.6 is 0 Å². The minimum Gasteiger partial charge on any atom is -0.395 e. The number of nitro benzene ring substituents is 1. The summed E-state index contributed by atoms with van der Waals surface area (Å²) in [7, 11) is -3.52. The van der Waals surface area contributed by atoms with E-state index in [1.165, 1.54) is 17.0 Å². The van der Waals surface area contributed by atoms with Crippen molar-refractivity contribution in [1.82, 2.24) is 15.0 Å². The number of hydrogen-bond donors (Lipinski definition) is 1. The van der Waals surface area contributed by atoms with E-state index in [9.17, 15) is 24.8 Å². The van der Waals surface area contributed by atoms with Gasteiger partial charge in [-0.3, -0.25) is 29.3 Å². The number of fused-ring (bicyclic) bond motifs is 2. The molecule has 1 saturated heterocycles. The first-order valence-corrected chi connectivity index (χ1v) is 20.8. The van der Waals surface area contributed by atoms with Crippen molar-refractivity contribution in [2.45, 2.75) is 62.7 Å². The number of aliphatic hydroxyl groups is 1. The summed E-state index contributed by atoms with van der Waals surface area (Å²) in [5, 5.41) is 30.8. The molecule has 0 saturated carbocycles. The first-order valence-electron chi connectivity index (χ1n) is 17.9. The molecule has 14 heteroatoms. The third kappa shape index (κ3) is 6.61. The Balaban J connectivity index is 1.18. The predicted octanol–water partition coefficient (Wildman–Crippen LogP) is 7.02. The van der Waals surface area contributed by atoms with Gasteiger partial charge in [0.15, 0.2) is 5.60 Å². The van der Waals surface area contributed by atoms with Crippen molar-refractivity contribution in [3.8, 4) is 0 Å². The number of non-ortho nitro benzene ring substituents is 1. The van der Waals surface area contributed by atoms with Gasteiger partial charge < -0.3 is 18.9 Å². The van der Waals surface area contributed by atoms with E-state index in [0.717, 1.165) is 17.5 Å². The molecule has 1 fully saturated rings. The molecule has 1 aromatic heterocycles. The van der Waals surface area contributed by atoms with E-state index in [4.69, 9.17) is 4.74 Å². The number of para-hydroxylation sites is 1. The van der Waals surface area contributed by atoms with Gasteiger partial charge in [-0.2, -0.15) is 0 Å². The van der Waals surface area contributed by atoms with Crippen molar-refractivity contribution >= 4 is 43.5 Å². The van der Waals surface area contributed by atoms with Crippen molar-refractivity contribution in [1.29, 1.82) is 0 Å².